The summed E-state index contributed by atoms with van der Waals surface area (Å²) in [4.78, 5) is 10.5. The van der Waals surface area contributed by atoms with Crippen molar-refractivity contribution in [2.45, 2.75) is 44.6 Å². The maximum Gasteiger partial charge on any atom is 0.120 e. The SMILES string of the molecule is CC(CC=O)c1cccc(OC2CCC2)c1. The van der Waals surface area contributed by atoms with Gasteiger partial charge in [-0.1, -0.05) is 19.1 Å². The summed E-state index contributed by atoms with van der Waals surface area (Å²) in [5.41, 5.74) is 1.18. The van der Waals surface area contributed by atoms with Gasteiger partial charge in [-0.05, 0) is 42.9 Å². The van der Waals surface area contributed by atoms with Gasteiger partial charge in [-0.25, -0.2) is 0 Å². The van der Waals surface area contributed by atoms with E-state index in [0.717, 1.165) is 12.0 Å². The Morgan fingerprint density at radius 2 is 2.31 bits per heavy atom. The zero-order valence-electron chi connectivity index (χ0n) is 9.69. The first kappa shape index (κ1) is 11.2. The highest BCUT2D eigenvalue weighted by atomic mass is 16.5. The molecule has 1 aliphatic carbocycles. The average molecular weight is 218 g/mol. The molecule has 1 fully saturated rings. The summed E-state index contributed by atoms with van der Waals surface area (Å²) < 4.78 is 5.83. The van der Waals surface area contributed by atoms with Gasteiger partial charge < -0.3 is 9.53 Å². The maximum atomic E-state index is 10.5. The Kier molecular flexibility index (Phi) is 3.60. The van der Waals surface area contributed by atoms with Crippen LogP contribution in [0.15, 0.2) is 24.3 Å². The molecular formula is C14H18O2. The van der Waals surface area contributed by atoms with Crippen LogP contribution in [0.25, 0.3) is 0 Å². The molecule has 2 heteroatoms. The summed E-state index contributed by atoms with van der Waals surface area (Å²) in [6.07, 6.45) is 5.60. The monoisotopic (exact) mass is 218 g/mol. The van der Waals surface area contributed by atoms with E-state index < -0.39 is 0 Å². The highest BCUT2D eigenvalue weighted by Gasteiger charge is 2.19. The van der Waals surface area contributed by atoms with E-state index in [1.165, 1.54) is 24.8 Å². The Labute approximate surface area is 96.6 Å². The lowest BCUT2D eigenvalue weighted by Crippen LogP contribution is -2.24. The number of aldehydes is 1. The molecule has 0 spiro atoms. The first-order valence-electron chi connectivity index (χ1n) is 6.00. The Morgan fingerprint density at radius 3 is 2.94 bits per heavy atom. The van der Waals surface area contributed by atoms with E-state index in [0.29, 0.717) is 12.5 Å². The highest BCUT2D eigenvalue weighted by Crippen LogP contribution is 2.27. The molecule has 1 aromatic carbocycles. The van der Waals surface area contributed by atoms with E-state index in [-0.39, 0.29) is 5.92 Å². The van der Waals surface area contributed by atoms with Crippen molar-refractivity contribution in [1.82, 2.24) is 0 Å². The Bertz CT molecular complexity index is 356. The molecule has 0 N–H and O–H groups in total. The summed E-state index contributed by atoms with van der Waals surface area (Å²) in [6.45, 7) is 2.07. The molecule has 1 aromatic rings. The van der Waals surface area contributed by atoms with Crippen LogP contribution >= 0.6 is 0 Å². The van der Waals surface area contributed by atoms with Crippen molar-refractivity contribution in [3.05, 3.63) is 29.8 Å². The molecule has 1 saturated carbocycles. The Hall–Kier alpha value is -1.31. The van der Waals surface area contributed by atoms with Crippen LogP contribution < -0.4 is 4.74 Å². The van der Waals surface area contributed by atoms with E-state index >= 15 is 0 Å². The number of hydrogen-bond acceptors (Lipinski definition) is 2. The van der Waals surface area contributed by atoms with Crippen LogP contribution in [0.5, 0.6) is 5.75 Å². The van der Waals surface area contributed by atoms with Crippen molar-refractivity contribution >= 4 is 6.29 Å². The molecule has 1 aliphatic rings. The van der Waals surface area contributed by atoms with Crippen molar-refractivity contribution in [2.75, 3.05) is 0 Å². The van der Waals surface area contributed by atoms with Gasteiger partial charge in [0.15, 0.2) is 0 Å². The molecule has 2 nitrogen and oxygen atoms in total. The third-order valence-electron chi connectivity index (χ3n) is 3.23. The van der Waals surface area contributed by atoms with Crippen molar-refractivity contribution < 1.29 is 9.53 Å². The number of ether oxygens (including phenoxy) is 1. The summed E-state index contributed by atoms with van der Waals surface area (Å²) in [5.74, 6) is 1.22. The van der Waals surface area contributed by atoms with E-state index in [2.05, 4.69) is 19.1 Å². The van der Waals surface area contributed by atoms with Crippen molar-refractivity contribution in [3.63, 3.8) is 0 Å². The fraction of sp³-hybridized carbons (Fsp3) is 0.500. The minimum Gasteiger partial charge on any atom is -0.490 e. The average Bonchev–Trinajstić information content (AvgIpc) is 2.24. The fourth-order valence-electron chi connectivity index (χ4n) is 1.86. The summed E-state index contributed by atoms with van der Waals surface area (Å²) in [5, 5.41) is 0. The van der Waals surface area contributed by atoms with E-state index in [1.54, 1.807) is 0 Å². The maximum absolute atomic E-state index is 10.5. The lowest BCUT2D eigenvalue weighted by Gasteiger charge is -2.26. The molecule has 1 unspecified atom stereocenters. The fourth-order valence-corrected chi connectivity index (χ4v) is 1.86. The van der Waals surface area contributed by atoms with E-state index in [1.807, 2.05) is 12.1 Å². The summed E-state index contributed by atoms with van der Waals surface area (Å²) >= 11 is 0. The van der Waals surface area contributed by atoms with Gasteiger partial charge in [-0.3, -0.25) is 0 Å². The second-order valence-corrected chi connectivity index (χ2v) is 4.55. The summed E-state index contributed by atoms with van der Waals surface area (Å²) in [6, 6.07) is 8.12. The number of carbonyl (C=O) groups is 1. The van der Waals surface area contributed by atoms with Crippen LogP contribution in [0.1, 0.15) is 44.1 Å². The van der Waals surface area contributed by atoms with Crippen LogP contribution in [-0.4, -0.2) is 12.4 Å². The van der Waals surface area contributed by atoms with Crippen molar-refractivity contribution in [2.24, 2.45) is 0 Å². The lowest BCUT2D eigenvalue weighted by molar-refractivity contribution is -0.108. The van der Waals surface area contributed by atoms with Crippen LogP contribution in [-0.2, 0) is 4.79 Å². The molecule has 1 atom stereocenters. The van der Waals surface area contributed by atoms with Crippen molar-refractivity contribution in [1.29, 1.82) is 0 Å². The van der Waals surface area contributed by atoms with Gasteiger partial charge in [0.2, 0.25) is 0 Å². The third kappa shape index (κ3) is 2.63. The van der Waals surface area contributed by atoms with E-state index in [9.17, 15) is 4.79 Å². The number of rotatable bonds is 5. The normalized spacial score (nSPS) is 17.6. The first-order chi connectivity index (χ1) is 7.79. The van der Waals surface area contributed by atoms with Crippen LogP contribution in [0, 0.1) is 0 Å². The van der Waals surface area contributed by atoms with Gasteiger partial charge in [0, 0.05) is 6.42 Å². The minimum atomic E-state index is 0.280. The van der Waals surface area contributed by atoms with Gasteiger partial charge in [0.25, 0.3) is 0 Å². The second kappa shape index (κ2) is 5.15. The molecule has 0 amide bonds. The molecule has 16 heavy (non-hydrogen) atoms. The topological polar surface area (TPSA) is 26.3 Å². The zero-order valence-corrected chi connectivity index (χ0v) is 9.69. The molecule has 0 heterocycles. The third-order valence-corrected chi connectivity index (χ3v) is 3.23. The van der Waals surface area contributed by atoms with Crippen molar-refractivity contribution in [3.8, 4) is 5.75 Å². The van der Waals surface area contributed by atoms with Crippen LogP contribution in [0.3, 0.4) is 0 Å². The van der Waals surface area contributed by atoms with Crippen LogP contribution in [0.4, 0.5) is 0 Å². The standard InChI is InChI=1S/C14H18O2/c1-11(8-9-15)12-4-2-7-14(10-12)16-13-5-3-6-13/h2,4,7,9-11,13H,3,5-6,8H2,1H3. The number of benzene rings is 1. The van der Waals surface area contributed by atoms with E-state index in [4.69, 9.17) is 4.74 Å². The Morgan fingerprint density at radius 1 is 1.50 bits per heavy atom. The first-order valence-corrected chi connectivity index (χ1v) is 6.00. The second-order valence-electron chi connectivity index (χ2n) is 4.55. The molecule has 0 radical (unpaired) electrons. The lowest BCUT2D eigenvalue weighted by atomic mass is 9.95. The zero-order chi connectivity index (χ0) is 11.4. The number of carbonyl (C=O) groups excluding carboxylic acids is 1. The molecular weight excluding hydrogens is 200 g/mol. The molecule has 0 saturated heterocycles. The largest absolute Gasteiger partial charge is 0.490 e. The van der Waals surface area contributed by atoms with Gasteiger partial charge in [0.1, 0.15) is 12.0 Å². The quantitative estimate of drug-likeness (QED) is 0.709. The molecule has 2 rings (SSSR count). The summed E-state index contributed by atoms with van der Waals surface area (Å²) in [7, 11) is 0. The van der Waals surface area contributed by atoms with Crippen LogP contribution in [0.2, 0.25) is 0 Å². The predicted molar refractivity (Wildman–Crippen MR) is 63.8 cm³/mol. The van der Waals surface area contributed by atoms with Gasteiger partial charge in [-0.2, -0.15) is 0 Å². The number of hydrogen-bond donors (Lipinski definition) is 0. The van der Waals surface area contributed by atoms with Gasteiger partial charge in [0.05, 0.1) is 6.10 Å². The molecule has 0 bridgehead atoms. The minimum absolute atomic E-state index is 0.280. The smallest absolute Gasteiger partial charge is 0.120 e. The van der Waals surface area contributed by atoms with Gasteiger partial charge in [-0.15, -0.1) is 0 Å². The highest BCUT2D eigenvalue weighted by molar-refractivity contribution is 5.51. The molecule has 86 valence electrons. The predicted octanol–water partition coefficient (Wildman–Crippen LogP) is 3.31. The molecule has 0 aromatic heterocycles. The molecule has 0 aliphatic heterocycles. The van der Waals surface area contributed by atoms with Gasteiger partial charge >= 0.3 is 0 Å². The Balaban J connectivity index is 2.02.